The SMILES string of the molecule is Cc1cc(=O)c2c(O)c3c(cc2o1)OC(C)(C)[C@@H]1OC(=O)[C@@]2(C[C@H](O)CC[C@@H]31)O[C@@H]2CCc1cc(N)nc(-c2cc(N)nc(CN3C=C4N=CC=C4C3)c2)c1. The minimum absolute atomic E-state index is 0.0310. The van der Waals surface area contributed by atoms with Gasteiger partial charge in [0.05, 0.1) is 35.8 Å². The lowest BCUT2D eigenvalue weighted by Crippen LogP contribution is -2.52. The van der Waals surface area contributed by atoms with Gasteiger partial charge in [-0.1, -0.05) is 0 Å². The molecule has 5 aliphatic rings. The van der Waals surface area contributed by atoms with Crippen LogP contribution in [-0.4, -0.2) is 73.3 Å². The molecule has 5 aliphatic heterocycles. The molecular weight excluding hydrogens is 704 g/mol. The highest BCUT2D eigenvalue weighted by atomic mass is 16.7. The van der Waals surface area contributed by atoms with E-state index in [1.165, 1.54) is 11.6 Å². The first-order valence-electron chi connectivity index (χ1n) is 18.6. The van der Waals surface area contributed by atoms with Gasteiger partial charge >= 0.3 is 5.97 Å². The van der Waals surface area contributed by atoms with Crippen LogP contribution in [0.25, 0.3) is 22.2 Å². The molecule has 2 saturated heterocycles. The fraction of sp³-hybridized carbons (Fsp3) is 0.390. The van der Waals surface area contributed by atoms with Crippen molar-refractivity contribution >= 4 is 34.8 Å². The molecule has 14 heteroatoms. The quantitative estimate of drug-likeness (QED) is 0.157. The summed E-state index contributed by atoms with van der Waals surface area (Å²) in [5.41, 5.74) is 15.6. The largest absolute Gasteiger partial charge is 0.507 e. The highest BCUT2D eigenvalue weighted by molar-refractivity contribution is 5.88. The monoisotopic (exact) mass is 746 g/mol. The number of allylic oxidation sites excluding steroid dienone is 1. The zero-order valence-corrected chi connectivity index (χ0v) is 30.7. The lowest BCUT2D eigenvalue weighted by molar-refractivity contribution is -0.171. The minimum atomic E-state index is -1.35. The van der Waals surface area contributed by atoms with Gasteiger partial charge in [0.15, 0.2) is 11.0 Å². The number of nitrogen functional groups attached to an aromatic ring is 2. The van der Waals surface area contributed by atoms with E-state index in [1.807, 2.05) is 38.3 Å². The summed E-state index contributed by atoms with van der Waals surface area (Å²) in [6.07, 6.45) is 5.25. The van der Waals surface area contributed by atoms with Crippen molar-refractivity contribution in [2.75, 3.05) is 18.0 Å². The standard InChI is InChI=1S/C41H42N6O8/c1-20-10-29(49)36-30(52-20)15-31-35(37(36)50)26-6-5-25(48)16-41(39(51)53-38(26)40(2,3)54-31)32(55-41)7-4-21-11-27(46-33(42)12-21)23-13-24(45-34(43)14-23)18-47-17-22-8-9-44-28(22)19-47/h8-15,19,25-26,32,38,48,50H,4-7,16-18H2,1-3H3,(H2,42,46)(H2,43,45)/t25-,26+,32-,38-,41+/m1/s1. The Morgan fingerprint density at radius 2 is 1.85 bits per heavy atom. The molecule has 0 unspecified atom stereocenters. The number of aryl methyl sites for hydroxylation is 2. The summed E-state index contributed by atoms with van der Waals surface area (Å²) >= 11 is 0. The van der Waals surface area contributed by atoms with Gasteiger partial charge in [-0.2, -0.15) is 0 Å². The van der Waals surface area contributed by atoms with E-state index in [0.717, 1.165) is 29.1 Å². The number of benzene rings is 1. The molecule has 0 bridgehead atoms. The molecule has 4 aromatic rings. The number of phenols is 1. The Kier molecular flexibility index (Phi) is 8.06. The number of aliphatic hydroxyl groups is 1. The maximum absolute atomic E-state index is 14.1. The number of ether oxygens (including phenoxy) is 3. The number of hydrogen-bond acceptors (Lipinski definition) is 14. The van der Waals surface area contributed by atoms with Crippen LogP contribution in [-0.2, 0) is 27.2 Å². The molecule has 0 aliphatic carbocycles. The molecule has 14 nitrogen and oxygen atoms in total. The Bertz CT molecular complexity index is 2440. The molecule has 6 N–H and O–H groups in total. The van der Waals surface area contributed by atoms with Gasteiger partial charge in [-0.05, 0) is 82.4 Å². The van der Waals surface area contributed by atoms with Crippen molar-refractivity contribution in [3.8, 4) is 22.8 Å². The Morgan fingerprint density at radius 3 is 2.67 bits per heavy atom. The number of epoxide rings is 1. The molecule has 1 spiro atoms. The van der Waals surface area contributed by atoms with Gasteiger partial charge < -0.3 is 45.2 Å². The maximum atomic E-state index is 14.1. The molecule has 0 saturated carbocycles. The Balaban J connectivity index is 0.936. The maximum Gasteiger partial charge on any atom is 0.341 e. The molecule has 284 valence electrons. The van der Waals surface area contributed by atoms with Crippen LogP contribution >= 0.6 is 0 Å². The van der Waals surface area contributed by atoms with Crippen LogP contribution in [0.3, 0.4) is 0 Å². The second kappa shape index (κ2) is 12.7. The van der Waals surface area contributed by atoms with Gasteiger partial charge in [-0.3, -0.25) is 9.79 Å². The van der Waals surface area contributed by atoms with Crippen LogP contribution in [0.15, 0.2) is 74.1 Å². The van der Waals surface area contributed by atoms with Crippen molar-refractivity contribution in [1.29, 1.82) is 0 Å². The molecule has 2 fully saturated rings. The van der Waals surface area contributed by atoms with E-state index in [2.05, 4.69) is 19.9 Å². The number of rotatable bonds is 6. The number of phenolic OH excluding ortho intramolecular Hbond substituents is 1. The van der Waals surface area contributed by atoms with Crippen LogP contribution < -0.4 is 21.6 Å². The first-order chi connectivity index (χ1) is 26.3. The van der Waals surface area contributed by atoms with Crippen molar-refractivity contribution in [2.24, 2.45) is 4.99 Å². The van der Waals surface area contributed by atoms with Crippen molar-refractivity contribution in [2.45, 2.75) is 94.9 Å². The van der Waals surface area contributed by atoms with Gasteiger partial charge in [0.25, 0.3) is 0 Å². The fourth-order valence-corrected chi connectivity index (χ4v) is 8.76. The number of anilines is 2. The molecule has 9 rings (SSSR count). The van der Waals surface area contributed by atoms with E-state index in [-0.39, 0.29) is 23.1 Å². The number of fused-ring (bicyclic) bond motifs is 5. The molecule has 55 heavy (non-hydrogen) atoms. The molecule has 0 amide bonds. The summed E-state index contributed by atoms with van der Waals surface area (Å²) in [7, 11) is 0. The van der Waals surface area contributed by atoms with Crippen molar-refractivity contribution in [3.63, 3.8) is 0 Å². The van der Waals surface area contributed by atoms with Crippen molar-refractivity contribution in [3.05, 3.63) is 92.7 Å². The van der Waals surface area contributed by atoms with Gasteiger partial charge in [0.1, 0.15) is 51.6 Å². The number of aromatic nitrogens is 2. The highest BCUT2D eigenvalue weighted by Crippen LogP contribution is 2.54. The van der Waals surface area contributed by atoms with Crippen LogP contribution in [0.1, 0.15) is 68.0 Å². The lowest BCUT2D eigenvalue weighted by Gasteiger charge is -2.44. The van der Waals surface area contributed by atoms with E-state index < -0.39 is 46.8 Å². The third-order valence-electron chi connectivity index (χ3n) is 11.3. The molecular formula is C41H42N6O8. The van der Waals surface area contributed by atoms with E-state index in [1.54, 1.807) is 31.3 Å². The summed E-state index contributed by atoms with van der Waals surface area (Å²) in [6.45, 7) is 6.59. The Labute approximate surface area is 316 Å². The molecule has 0 radical (unpaired) electrons. The number of aliphatic imine (C=N–C) groups is 1. The van der Waals surface area contributed by atoms with Gasteiger partial charge in [0, 0.05) is 60.1 Å². The first-order valence-corrected chi connectivity index (χ1v) is 18.6. The Morgan fingerprint density at radius 1 is 1.04 bits per heavy atom. The van der Waals surface area contributed by atoms with Crippen molar-refractivity contribution < 1.29 is 33.6 Å². The predicted molar refractivity (Wildman–Crippen MR) is 203 cm³/mol. The van der Waals surface area contributed by atoms with Gasteiger partial charge in [-0.15, -0.1) is 0 Å². The molecule has 3 aromatic heterocycles. The third kappa shape index (κ3) is 6.18. The van der Waals surface area contributed by atoms with Crippen LogP contribution in [0.5, 0.6) is 11.5 Å². The number of carbonyl (C=O) groups is 1. The average Bonchev–Trinajstić information content (AvgIpc) is 3.37. The summed E-state index contributed by atoms with van der Waals surface area (Å²) < 4.78 is 24.6. The number of hydrogen-bond donors (Lipinski definition) is 4. The average molecular weight is 747 g/mol. The van der Waals surface area contributed by atoms with Crippen molar-refractivity contribution in [1.82, 2.24) is 14.9 Å². The minimum Gasteiger partial charge on any atom is -0.507 e. The summed E-state index contributed by atoms with van der Waals surface area (Å²) in [5, 5.41) is 22.8. The normalized spacial score (nSPS) is 26.3. The first kappa shape index (κ1) is 35.0. The molecule has 5 atom stereocenters. The second-order valence-corrected chi connectivity index (χ2v) is 15.8. The number of nitrogens with two attached hydrogens (primary N) is 2. The second-order valence-electron chi connectivity index (χ2n) is 15.8. The highest BCUT2D eigenvalue weighted by Gasteiger charge is 2.65. The number of esters is 1. The molecule has 8 heterocycles. The summed E-state index contributed by atoms with van der Waals surface area (Å²) in [4.78, 5) is 42.8. The van der Waals surface area contributed by atoms with E-state index in [0.29, 0.717) is 66.6 Å². The van der Waals surface area contributed by atoms with Crippen LogP contribution in [0.2, 0.25) is 0 Å². The van der Waals surface area contributed by atoms with E-state index >= 15 is 0 Å². The molecule has 1 aromatic carbocycles. The van der Waals surface area contributed by atoms with Crippen LogP contribution in [0.4, 0.5) is 11.6 Å². The zero-order chi connectivity index (χ0) is 38.4. The Hall–Kier alpha value is -5.73. The smallest absolute Gasteiger partial charge is 0.341 e. The topological polar surface area (TPSA) is 212 Å². The van der Waals surface area contributed by atoms with Crippen LogP contribution in [0, 0.1) is 6.92 Å². The fourth-order valence-electron chi connectivity index (χ4n) is 8.76. The number of pyridine rings is 2. The number of aromatic hydroxyl groups is 1. The third-order valence-corrected chi connectivity index (χ3v) is 11.3. The predicted octanol–water partition coefficient (Wildman–Crippen LogP) is 4.58. The van der Waals surface area contributed by atoms with E-state index in [4.69, 9.17) is 30.1 Å². The van der Waals surface area contributed by atoms with E-state index in [9.17, 15) is 19.8 Å². The van der Waals surface area contributed by atoms with Gasteiger partial charge in [-0.25, -0.2) is 14.8 Å². The summed E-state index contributed by atoms with van der Waals surface area (Å²) in [5.74, 6) is 0.00377. The van der Waals surface area contributed by atoms with Gasteiger partial charge in [0.2, 0.25) is 0 Å². The number of aliphatic hydroxyl groups excluding tert-OH is 1. The zero-order valence-electron chi connectivity index (χ0n) is 30.7. The summed E-state index contributed by atoms with van der Waals surface area (Å²) in [6, 6.07) is 10.4. The lowest BCUT2D eigenvalue weighted by atomic mass is 9.77. The number of carbonyl (C=O) groups excluding carboxylic acids is 1. The number of nitrogens with zero attached hydrogens (tertiary/aromatic N) is 4.